The lowest BCUT2D eigenvalue weighted by Gasteiger charge is -2.11. The van der Waals surface area contributed by atoms with E-state index in [0.717, 1.165) is 11.8 Å². The van der Waals surface area contributed by atoms with Gasteiger partial charge in [0.1, 0.15) is 0 Å². The van der Waals surface area contributed by atoms with Crippen LogP contribution < -0.4 is 5.32 Å². The van der Waals surface area contributed by atoms with Crippen LogP contribution in [0.5, 0.6) is 0 Å². The van der Waals surface area contributed by atoms with Crippen molar-refractivity contribution in [2.24, 2.45) is 0 Å². The highest BCUT2D eigenvalue weighted by atomic mass is 32.2. The zero-order valence-electron chi connectivity index (χ0n) is 14.8. The summed E-state index contributed by atoms with van der Waals surface area (Å²) in [4.78, 5) is 35.9. The van der Waals surface area contributed by atoms with Crippen LogP contribution in [0.4, 0.5) is 0 Å². The van der Waals surface area contributed by atoms with E-state index in [9.17, 15) is 14.4 Å². The molecule has 2 rings (SSSR count). The molecule has 0 fully saturated rings. The third-order valence-corrected chi connectivity index (χ3v) is 4.09. The van der Waals surface area contributed by atoms with E-state index >= 15 is 0 Å². The van der Waals surface area contributed by atoms with Crippen molar-refractivity contribution in [3.8, 4) is 0 Å². The van der Waals surface area contributed by atoms with Gasteiger partial charge in [-0.2, -0.15) is 0 Å². The molecule has 1 aromatic heterocycles. The number of amides is 1. The topological polar surface area (TPSA) is 121 Å². The van der Waals surface area contributed by atoms with E-state index in [0.29, 0.717) is 5.56 Å². The molecule has 0 spiro atoms. The van der Waals surface area contributed by atoms with E-state index in [1.807, 2.05) is 6.07 Å². The second-order valence-electron chi connectivity index (χ2n) is 5.01. The average Bonchev–Trinajstić information content (AvgIpc) is 3.12. The summed E-state index contributed by atoms with van der Waals surface area (Å²) in [5.74, 6) is -1.66. The van der Waals surface area contributed by atoms with Crippen LogP contribution in [-0.2, 0) is 25.6 Å². The molecule has 1 heterocycles. The van der Waals surface area contributed by atoms with Gasteiger partial charge in [0.15, 0.2) is 0 Å². The molecule has 1 amide bonds. The van der Waals surface area contributed by atoms with Gasteiger partial charge in [0.25, 0.3) is 11.1 Å². The van der Waals surface area contributed by atoms with E-state index in [4.69, 9.17) is 13.9 Å². The molecular weight excluding hydrogens is 374 g/mol. The lowest BCUT2D eigenvalue weighted by molar-refractivity contribution is -0.152. The monoisotopic (exact) mass is 393 g/mol. The second kappa shape index (κ2) is 10.3. The van der Waals surface area contributed by atoms with Gasteiger partial charge < -0.3 is 19.2 Å². The Morgan fingerprint density at radius 3 is 2.30 bits per heavy atom. The lowest BCUT2D eigenvalue weighted by Crippen LogP contribution is -2.30. The second-order valence-corrected chi connectivity index (χ2v) is 6.07. The molecule has 0 aliphatic rings. The molecule has 0 aliphatic heterocycles. The van der Waals surface area contributed by atoms with Crippen molar-refractivity contribution in [1.29, 1.82) is 0 Å². The normalized spacial score (nSPS) is 10.5. The van der Waals surface area contributed by atoms with Gasteiger partial charge in [-0.1, -0.05) is 18.2 Å². The number of aromatic nitrogens is 2. The van der Waals surface area contributed by atoms with Crippen molar-refractivity contribution >= 4 is 29.6 Å². The van der Waals surface area contributed by atoms with Gasteiger partial charge in [-0.15, -0.1) is 10.2 Å². The number of hydrogen-bond donors (Lipinski definition) is 1. The standard InChI is InChI=1S/C17H19N3O6S/c1-3-24-15(22)13(16(23)25-4-2)27-17-20-19-12(26-17)10-18-14(21)11-8-6-5-7-9-11/h5-9,13H,3-4,10H2,1-2H3,(H,18,21). The highest BCUT2D eigenvalue weighted by Crippen LogP contribution is 2.24. The number of carbonyl (C=O) groups is 3. The minimum Gasteiger partial charge on any atom is -0.465 e. The van der Waals surface area contributed by atoms with Crippen LogP contribution in [0.3, 0.4) is 0 Å². The fraction of sp³-hybridized carbons (Fsp3) is 0.353. The maximum absolute atomic E-state index is 12.0. The molecule has 0 bridgehead atoms. The van der Waals surface area contributed by atoms with Crippen LogP contribution in [0.1, 0.15) is 30.1 Å². The molecule has 1 aromatic carbocycles. The van der Waals surface area contributed by atoms with Gasteiger partial charge in [0, 0.05) is 5.56 Å². The van der Waals surface area contributed by atoms with Gasteiger partial charge >= 0.3 is 11.9 Å². The summed E-state index contributed by atoms with van der Waals surface area (Å²) >= 11 is 0.734. The highest BCUT2D eigenvalue weighted by Gasteiger charge is 2.33. The third kappa shape index (κ3) is 6.10. The largest absolute Gasteiger partial charge is 0.465 e. The third-order valence-electron chi connectivity index (χ3n) is 3.10. The number of carbonyl (C=O) groups excluding carboxylic acids is 3. The molecule has 1 N–H and O–H groups in total. The van der Waals surface area contributed by atoms with Crippen molar-refractivity contribution in [2.75, 3.05) is 13.2 Å². The Balaban J connectivity index is 1.97. The quantitative estimate of drug-likeness (QED) is 0.384. The average molecular weight is 393 g/mol. The summed E-state index contributed by atoms with van der Waals surface area (Å²) in [6, 6.07) is 8.66. The van der Waals surface area contributed by atoms with Crippen molar-refractivity contribution in [3.05, 3.63) is 41.8 Å². The van der Waals surface area contributed by atoms with E-state index in [2.05, 4.69) is 15.5 Å². The summed E-state index contributed by atoms with van der Waals surface area (Å²) in [7, 11) is 0. The number of esters is 2. The zero-order chi connectivity index (χ0) is 19.6. The molecule has 10 heteroatoms. The molecule has 2 aromatic rings. The Bertz CT molecular complexity index is 762. The predicted molar refractivity (Wildman–Crippen MR) is 94.8 cm³/mol. The molecular formula is C17H19N3O6S. The van der Waals surface area contributed by atoms with Crippen LogP contribution in [0.15, 0.2) is 40.0 Å². The van der Waals surface area contributed by atoms with Gasteiger partial charge in [0.2, 0.25) is 11.1 Å². The van der Waals surface area contributed by atoms with Crippen LogP contribution in [-0.4, -0.2) is 46.5 Å². The Hall–Kier alpha value is -2.88. The molecule has 27 heavy (non-hydrogen) atoms. The van der Waals surface area contributed by atoms with Crippen LogP contribution >= 0.6 is 11.8 Å². The van der Waals surface area contributed by atoms with Crippen LogP contribution in [0.25, 0.3) is 0 Å². The van der Waals surface area contributed by atoms with E-state index in [1.54, 1.807) is 38.1 Å². The zero-order valence-corrected chi connectivity index (χ0v) is 15.7. The molecule has 9 nitrogen and oxygen atoms in total. The molecule has 0 saturated carbocycles. The van der Waals surface area contributed by atoms with Gasteiger partial charge in [-0.25, -0.2) is 0 Å². The van der Waals surface area contributed by atoms with Gasteiger partial charge in [0.05, 0.1) is 19.8 Å². The van der Waals surface area contributed by atoms with E-state index < -0.39 is 17.2 Å². The maximum atomic E-state index is 12.0. The Labute approximate surface area is 159 Å². The van der Waals surface area contributed by atoms with E-state index in [-0.39, 0.29) is 36.8 Å². The van der Waals surface area contributed by atoms with Gasteiger partial charge in [-0.05, 0) is 37.7 Å². The number of benzene rings is 1. The number of rotatable bonds is 9. The fourth-order valence-electron chi connectivity index (χ4n) is 1.93. The minimum absolute atomic E-state index is 0.00473. The molecule has 144 valence electrons. The highest BCUT2D eigenvalue weighted by molar-refractivity contribution is 8.01. The Morgan fingerprint density at radius 1 is 1.07 bits per heavy atom. The first-order valence-corrected chi connectivity index (χ1v) is 9.08. The van der Waals surface area contributed by atoms with Crippen molar-refractivity contribution in [2.45, 2.75) is 30.9 Å². The fourth-order valence-corrected chi connectivity index (χ4v) is 2.70. The summed E-state index contributed by atoms with van der Waals surface area (Å²) in [5.41, 5.74) is 0.497. The lowest BCUT2D eigenvalue weighted by atomic mass is 10.2. The molecule has 0 radical (unpaired) electrons. The first-order valence-electron chi connectivity index (χ1n) is 8.20. The van der Waals surface area contributed by atoms with Crippen molar-refractivity contribution in [3.63, 3.8) is 0 Å². The van der Waals surface area contributed by atoms with Crippen molar-refractivity contribution in [1.82, 2.24) is 15.5 Å². The molecule has 0 atom stereocenters. The molecule has 0 aliphatic carbocycles. The first kappa shape index (κ1) is 20.4. The van der Waals surface area contributed by atoms with Gasteiger partial charge in [-0.3, -0.25) is 14.4 Å². The van der Waals surface area contributed by atoms with E-state index in [1.165, 1.54) is 0 Å². The first-order chi connectivity index (χ1) is 13.0. The summed E-state index contributed by atoms with van der Waals surface area (Å²) in [5, 5.41) is 8.92. The number of nitrogens with one attached hydrogen (secondary N) is 1. The Morgan fingerprint density at radius 2 is 1.70 bits per heavy atom. The maximum Gasteiger partial charge on any atom is 0.331 e. The SMILES string of the molecule is CCOC(=O)C(Sc1nnc(CNC(=O)c2ccccc2)o1)C(=O)OCC. The molecule has 0 saturated heterocycles. The number of nitrogens with zero attached hydrogens (tertiary/aromatic N) is 2. The van der Waals surface area contributed by atoms with Crippen LogP contribution in [0.2, 0.25) is 0 Å². The summed E-state index contributed by atoms with van der Waals surface area (Å²) < 4.78 is 15.1. The molecule has 0 unspecified atom stereocenters. The van der Waals surface area contributed by atoms with Crippen LogP contribution in [0, 0.1) is 0 Å². The summed E-state index contributed by atoms with van der Waals surface area (Å²) in [6.45, 7) is 3.51. The minimum atomic E-state index is -1.27. The predicted octanol–water partition coefficient (Wildman–Crippen LogP) is 1.59. The number of ether oxygens (including phenoxy) is 2. The Kier molecular flexibility index (Phi) is 7.80. The summed E-state index contributed by atoms with van der Waals surface area (Å²) in [6.07, 6.45) is 0. The van der Waals surface area contributed by atoms with Crippen molar-refractivity contribution < 1.29 is 28.3 Å². The number of thioether (sulfide) groups is 1. The number of hydrogen-bond acceptors (Lipinski definition) is 9. The smallest absolute Gasteiger partial charge is 0.331 e.